The van der Waals surface area contributed by atoms with Crippen LogP contribution in [0, 0.1) is 5.92 Å². The maximum atomic E-state index is 11.7. The third-order valence-corrected chi connectivity index (χ3v) is 4.00. The van der Waals surface area contributed by atoms with Crippen LogP contribution in [0.3, 0.4) is 0 Å². The molecule has 0 aromatic heterocycles. The Hall–Kier alpha value is -0.260. The Balaban J connectivity index is 2.15. The van der Waals surface area contributed by atoms with Crippen LogP contribution in [0.25, 0.3) is 0 Å². The van der Waals surface area contributed by atoms with Gasteiger partial charge in [0.1, 0.15) is 0 Å². The Kier molecular flexibility index (Phi) is 6.92. The first-order valence-electron chi connectivity index (χ1n) is 6.42. The second kappa shape index (κ2) is 7.95. The fourth-order valence-electron chi connectivity index (χ4n) is 2.12. The van der Waals surface area contributed by atoms with Crippen LogP contribution in [0.15, 0.2) is 0 Å². The van der Waals surface area contributed by atoms with E-state index in [0.29, 0.717) is 5.92 Å². The third-order valence-electron chi connectivity index (χ3n) is 3.35. The van der Waals surface area contributed by atoms with E-state index in [1.54, 1.807) is 11.8 Å². The summed E-state index contributed by atoms with van der Waals surface area (Å²) in [5, 5.41) is 2.98. The van der Waals surface area contributed by atoms with Crippen molar-refractivity contribution in [2.45, 2.75) is 25.8 Å². The zero-order chi connectivity index (χ0) is 12.7. The molecule has 3 N–H and O–H groups in total. The van der Waals surface area contributed by atoms with Crippen molar-refractivity contribution in [2.75, 3.05) is 38.2 Å². The number of nitrogens with one attached hydrogen (secondary N) is 1. The van der Waals surface area contributed by atoms with Crippen molar-refractivity contribution >= 4 is 17.7 Å². The van der Waals surface area contributed by atoms with Crippen molar-refractivity contribution in [1.82, 2.24) is 10.2 Å². The van der Waals surface area contributed by atoms with E-state index in [1.165, 1.54) is 6.42 Å². The molecule has 1 saturated heterocycles. The third kappa shape index (κ3) is 5.27. The molecule has 4 nitrogen and oxygen atoms in total. The Morgan fingerprint density at radius 3 is 3.00 bits per heavy atom. The number of hydrogen-bond acceptors (Lipinski definition) is 4. The average molecular weight is 259 g/mol. The van der Waals surface area contributed by atoms with E-state index in [0.717, 1.165) is 38.4 Å². The number of amides is 1. The first kappa shape index (κ1) is 14.8. The average Bonchev–Trinajstić information content (AvgIpc) is 2.80. The minimum absolute atomic E-state index is 0.00833. The summed E-state index contributed by atoms with van der Waals surface area (Å²) in [4.78, 5) is 14.1. The molecule has 0 spiro atoms. The molecule has 0 radical (unpaired) electrons. The van der Waals surface area contributed by atoms with Crippen LogP contribution in [-0.4, -0.2) is 55.0 Å². The molecule has 1 rings (SSSR count). The van der Waals surface area contributed by atoms with Crippen LogP contribution < -0.4 is 11.1 Å². The molecule has 1 amide bonds. The van der Waals surface area contributed by atoms with Crippen molar-refractivity contribution < 1.29 is 4.79 Å². The van der Waals surface area contributed by atoms with Crippen molar-refractivity contribution in [3.8, 4) is 0 Å². The number of rotatable bonds is 7. The van der Waals surface area contributed by atoms with E-state index in [1.807, 2.05) is 6.26 Å². The van der Waals surface area contributed by atoms with Gasteiger partial charge >= 0.3 is 0 Å². The van der Waals surface area contributed by atoms with Crippen LogP contribution in [0.1, 0.15) is 19.8 Å². The number of carbonyl (C=O) groups is 1. The van der Waals surface area contributed by atoms with Gasteiger partial charge in [-0.25, -0.2) is 0 Å². The highest BCUT2D eigenvalue weighted by Gasteiger charge is 2.22. The molecule has 0 aliphatic carbocycles. The fourth-order valence-corrected chi connectivity index (χ4v) is 2.61. The van der Waals surface area contributed by atoms with E-state index >= 15 is 0 Å². The minimum atomic E-state index is -0.342. The second-order valence-corrected chi connectivity index (χ2v) is 5.67. The van der Waals surface area contributed by atoms with Crippen molar-refractivity contribution in [3.63, 3.8) is 0 Å². The lowest BCUT2D eigenvalue weighted by molar-refractivity contribution is -0.122. The van der Waals surface area contributed by atoms with E-state index < -0.39 is 0 Å². The maximum Gasteiger partial charge on any atom is 0.236 e. The molecule has 17 heavy (non-hydrogen) atoms. The molecule has 1 aliphatic heterocycles. The topological polar surface area (TPSA) is 58.4 Å². The lowest BCUT2D eigenvalue weighted by Crippen LogP contribution is -2.43. The molecule has 1 unspecified atom stereocenters. The molecule has 0 bridgehead atoms. The maximum absolute atomic E-state index is 11.7. The summed E-state index contributed by atoms with van der Waals surface area (Å²) in [6.45, 7) is 6.34. The number of likely N-dealkylation sites (tertiary alicyclic amines) is 1. The van der Waals surface area contributed by atoms with Crippen LogP contribution in [0.2, 0.25) is 0 Å². The van der Waals surface area contributed by atoms with E-state index in [2.05, 4.69) is 17.1 Å². The molecule has 2 atom stereocenters. The summed E-state index contributed by atoms with van der Waals surface area (Å²) in [6.07, 6.45) is 3.98. The fraction of sp³-hybridized carbons (Fsp3) is 0.917. The lowest BCUT2D eigenvalue weighted by atomic mass is 10.1. The predicted molar refractivity (Wildman–Crippen MR) is 74.2 cm³/mol. The molecule has 1 heterocycles. The predicted octanol–water partition coefficient (Wildman–Crippen LogP) is 0.525. The van der Waals surface area contributed by atoms with Gasteiger partial charge in [-0.2, -0.15) is 11.8 Å². The highest BCUT2D eigenvalue weighted by atomic mass is 32.2. The number of hydrogen-bond donors (Lipinski definition) is 2. The molecule has 0 saturated carbocycles. The summed E-state index contributed by atoms with van der Waals surface area (Å²) in [7, 11) is 0. The van der Waals surface area contributed by atoms with E-state index in [-0.39, 0.29) is 11.9 Å². The monoisotopic (exact) mass is 259 g/mol. The first-order valence-corrected chi connectivity index (χ1v) is 7.81. The number of thioether (sulfide) groups is 1. The van der Waals surface area contributed by atoms with Crippen molar-refractivity contribution in [3.05, 3.63) is 0 Å². The van der Waals surface area contributed by atoms with Gasteiger partial charge in [0.05, 0.1) is 6.04 Å². The molecule has 100 valence electrons. The van der Waals surface area contributed by atoms with Crippen LogP contribution in [0.5, 0.6) is 0 Å². The van der Waals surface area contributed by atoms with E-state index in [4.69, 9.17) is 5.73 Å². The van der Waals surface area contributed by atoms with Crippen molar-refractivity contribution in [2.24, 2.45) is 11.7 Å². The quantitative estimate of drug-likeness (QED) is 0.700. The normalized spacial score (nSPS) is 22.6. The summed E-state index contributed by atoms with van der Waals surface area (Å²) in [5.74, 6) is 1.56. The molecule has 1 aliphatic rings. The summed E-state index contributed by atoms with van der Waals surface area (Å²) in [6, 6.07) is -0.342. The first-order chi connectivity index (χ1) is 8.17. The van der Waals surface area contributed by atoms with Gasteiger partial charge in [-0.3, -0.25) is 4.79 Å². The van der Waals surface area contributed by atoms with Gasteiger partial charge in [0.15, 0.2) is 0 Å². The molecule has 1 fully saturated rings. The highest BCUT2D eigenvalue weighted by Crippen LogP contribution is 2.14. The minimum Gasteiger partial charge on any atom is -0.354 e. The van der Waals surface area contributed by atoms with Gasteiger partial charge in [-0.15, -0.1) is 0 Å². The van der Waals surface area contributed by atoms with Crippen molar-refractivity contribution in [1.29, 1.82) is 0 Å². The molecule has 0 aromatic rings. The number of nitrogens with zero attached hydrogens (tertiary/aromatic N) is 1. The van der Waals surface area contributed by atoms with Gasteiger partial charge in [-0.1, -0.05) is 6.92 Å². The Morgan fingerprint density at radius 2 is 2.41 bits per heavy atom. The highest BCUT2D eigenvalue weighted by molar-refractivity contribution is 7.98. The van der Waals surface area contributed by atoms with Gasteiger partial charge < -0.3 is 16.0 Å². The SMILES string of the molecule is CCN1CCC(CNC(=O)[C@@H](N)CCSC)C1. The standard InChI is InChI=1S/C12H25N3OS/c1-3-15-6-4-10(9-15)8-14-12(16)11(13)5-7-17-2/h10-11H,3-9,13H2,1-2H3,(H,14,16)/t10?,11-/m0/s1. The smallest absolute Gasteiger partial charge is 0.236 e. The zero-order valence-electron chi connectivity index (χ0n) is 10.9. The van der Waals surface area contributed by atoms with Crippen LogP contribution in [0.4, 0.5) is 0 Å². The Labute approximate surface area is 109 Å². The van der Waals surface area contributed by atoms with Crippen LogP contribution in [-0.2, 0) is 4.79 Å². The summed E-state index contributed by atoms with van der Waals surface area (Å²) >= 11 is 1.73. The second-order valence-electron chi connectivity index (χ2n) is 4.68. The van der Waals surface area contributed by atoms with Crippen LogP contribution >= 0.6 is 11.8 Å². The number of nitrogens with two attached hydrogens (primary N) is 1. The van der Waals surface area contributed by atoms with E-state index in [9.17, 15) is 4.79 Å². The molecule has 0 aromatic carbocycles. The van der Waals surface area contributed by atoms with Gasteiger partial charge in [0.25, 0.3) is 0 Å². The Morgan fingerprint density at radius 1 is 1.65 bits per heavy atom. The Bertz CT molecular complexity index is 238. The summed E-state index contributed by atoms with van der Waals surface area (Å²) in [5.41, 5.74) is 5.81. The molecule has 5 heteroatoms. The van der Waals surface area contributed by atoms with Gasteiger partial charge in [-0.05, 0) is 43.9 Å². The van der Waals surface area contributed by atoms with Gasteiger partial charge in [0, 0.05) is 13.1 Å². The molecular weight excluding hydrogens is 234 g/mol. The number of carbonyl (C=O) groups excluding carboxylic acids is 1. The summed E-state index contributed by atoms with van der Waals surface area (Å²) < 4.78 is 0. The van der Waals surface area contributed by atoms with Gasteiger partial charge in [0.2, 0.25) is 5.91 Å². The largest absolute Gasteiger partial charge is 0.354 e. The lowest BCUT2D eigenvalue weighted by Gasteiger charge is -2.16. The molecular formula is C12H25N3OS. The zero-order valence-corrected chi connectivity index (χ0v) is 11.8.